The van der Waals surface area contributed by atoms with Gasteiger partial charge in [0, 0.05) is 44.0 Å². The number of halogens is 2. The zero-order valence-electron chi connectivity index (χ0n) is 25.6. The summed E-state index contributed by atoms with van der Waals surface area (Å²) in [6.07, 6.45) is 3.65. The molecular formula is C34H32ClFN6O5. The van der Waals surface area contributed by atoms with Gasteiger partial charge in [0.2, 0.25) is 0 Å². The molecule has 1 N–H and O–H groups in total. The van der Waals surface area contributed by atoms with E-state index in [4.69, 9.17) is 30.8 Å². The number of rotatable bonds is 8. The van der Waals surface area contributed by atoms with Gasteiger partial charge in [0.25, 0.3) is 5.79 Å². The second-order valence-electron chi connectivity index (χ2n) is 12.2. The van der Waals surface area contributed by atoms with Crippen LogP contribution in [0, 0.1) is 5.82 Å². The van der Waals surface area contributed by atoms with E-state index < -0.39 is 17.6 Å². The van der Waals surface area contributed by atoms with E-state index in [2.05, 4.69) is 19.5 Å². The number of piperazine rings is 1. The molecule has 5 aromatic rings. The third kappa shape index (κ3) is 5.26. The molecule has 0 saturated carbocycles. The summed E-state index contributed by atoms with van der Waals surface area (Å²) in [5.74, 6) is -0.859. The largest absolute Gasteiger partial charge is 0.478 e. The fraction of sp³-hybridized carbons (Fsp3) is 0.324. The van der Waals surface area contributed by atoms with Crippen molar-refractivity contribution < 1.29 is 28.5 Å². The number of aryl methyl sites for hydroxylation is 2. The van der Waals surface area contributed by atoms with E-state index >= 15 is 0 Å². The molecule has 3 aliphatic heterocycles. The van der Waals surface area contributed by atoms with Crippen LogP contribution in [0.1, 0.15) is 28.7 Å². The van der Waals surface area contributed by atoms with E-state index in [9.17, 15) is 14.3 Å². The van der Waals surface area contributed by atoms with Gasteiger partial charge >= 0.3 is 5.97 Å². The number of hydrogen-bond donors (Lipinski definition) is 1. The Labute approximate surface area is 274 Å². The second kappa shape index (κ2) is 11.5. The number of nitrogens with zero attached hydrogens (tertiary/aromatic N) is 6. The predicted molar refractivity (Wildman–Crippen MR) is 172 cm³/mol. The number of benzene rings is 3. The minimum Gasteiger partial charge on any atom is -0.478 e. The molecule has 0 amide bonds. The van der Waals surface area contributed by atoms with Gasteiger partial charge in [0.1, 0.15) is 11.6 Å². The number of para-hydroxylation sites is 1. The number of carboxylic acids is 1. The minimum absolute atomic E-state index is 0.0264. The smallest absolute Gasteiger partial charge is 0.335 e. The Morgan fingerprint density at radius 3 is 2.74 bits per heavy atom. The third-order valence-electron chi connectivity index (χ3n) is 9.34. The van der Waals surface area contributed by atoms with Crippen LogP contribution in [0.25, 0.3) is 11.0 Å². The lowest BCUT2D eigenvalue weighted by Gasteiger charge is -2.44. The number of aromatic nitrogens is 4. The molecule has 242 valence electrons. The lowest BCUT2D eigenvalue weighted by Crippen LogP contribution is -2.59. The summed E-state index contributed by atoms with van der Waals surface area (Å²) in [7, 11) is 0. The molecule has 0 bridgehead atoms. The van der Waals surface area contributed by atoms with Gasteiger partial charge in [0.05, 0.1) is 66.2 Å². The van der Waals surface area contributed by atoms with Gasteiger partial charge in [-0.2, -0.15) is 5.10 Å². The molecule has 0 spiro atoms. The lowest BCUT2D eigenvalue weighted by atomic mass is 10.0. The molecule has 13 heteroatoms. The summed E-state index contributed by atoms with van der Waals surface area (Å²) < 4.78 is 37.7. The molecule has 2 aromatic heterocycles. The van der Waals surface area contributed by atoms with Crippen LogP contribution in [0.5, 0.6) is 11.5 Å². The Hall–Kier alpha value is -4.65. The van der Waals surface area contributed by atoms with Crippen LogP contribution in [-0.2, 0) is 30.2 Å². The highest BCUT2D eigenvalue weighted by atomic mass is 35.5. The molecule has 8 rings (SSSR count). The summed E-state index contributed by atoms with van der Waals surface area (Å²) in [5.41, 5.74) is 2.89. The van der Waals surface area contributed by atoms with E-state index in [0.717, 1.165) is 29.1 Å². The zero-order valence-corrected chi connectivity index (χ0v) is 26.3. The van der Waals surface area contributed by atoms with Crippen LogP contribution >= 0.6 is 11.6 Å². The maximum absolute atomic E-state index is 15.0. The Bertz CT molecular complexity index is 1990. The van der Waals surface area contributed by atoms with Crippen molar-refractivity contribution in [3.8, 4) is 11.5 Å². The van der Waals surface area contributed by atoms with Gasteiger partial charge in [-0.15, -0.1) is 0 Å². The SMILES string of the molecule is C[C@]1(c2ccc(Cl)cc2F)Oc2cccc(N3CCN(Cc4nc5ccc(C(=O)O)cc5n4CCn4cccn4)[C@@H]4COC[C@@H]43)c2O1. The summed E-state index contributed by atoms with van der Waals surface area (Å²) in [4.78, 5) is 21.5. The average Bonchev–Trinajstić information content (AvgIpc) is 3.85. The van der Waals surface area contributed by atoms with E-state index in [1.54, 1.807) is 43.5 Å². The first-order chi connectivity index (χ1) is 22.8. The highest BCUT2D eigenvalue weighted by Gasteiger charge is 2.46. The van der Waals surface area contributed by atoms with E-state index in [-0.39, 0.29) is 23.2 Å². The number of fused-ring (bicyclic) bond motifs is 3. The maximum atomic E-state index is 15.0. The molecule has 11 nitrogen and oxygen atoms in total. The molecule has 5 heterocycles. The molecular weight excluding hydrogens is 627 g/mol. The molecule has 3 aromatic carbocycles. The number of hydrogen-bond acceptors (Lipinski definition) is 8. The monoisotopic (exact) mass is 658 g/mol. The van der Waals surface area contributed by atoms with E-state index in [1.807, 2.05) is 35.1 Å². The van der Waals surface area contributed by atoms with Crippen LogP contribution < -0.4 is 14.4 Å². The van der Waals surface area contributed by atoms with E-state index in [1.165, 1.54) is 6.07 Å². The number of carboxylic acid groups (broad SMARTS) is 1. The van der Waals surface area contributed by atoms with Crippen LogP contribution in [0.4, 0.5) is 10.1 Å². The van der Waals surface area contributed by atoms with Crippen molar-refractivity contribution in [3.05, 3.63) is 101 Å². The van der Waals surface area contributed by atoms with Crippen molar-refractivity contribution >= 4 is 34.3 Å². The number of aromatic carboxylic acids is 1. The summed E-state index contributed by atoms with van der Waals surface area (Å²) in [6.45, 7) is 5.97. The predicted octanol–water partition coefficient (Wildman–Crippen LogP) is 5.16. The standard InChI is InChI=1S/C34H32ClFN6O5/c1-34(23-8-7-22(35)17-24(23)36)46-30-5-2-4-26(32(30)47-34)41-14-12-39(28-19-45-20-29(28)41)18-31-38-25-9-6-21(33(43)44)16-27(25)42(31)15-13-40-11-3-10-37-40/h2-11,16-17,28-29H,12-15,18-20H2,1H3,(H,43,44)/t28-,29+,34+/m1/s1. The Morgan fingerprint density at radius 1 is 1.06 bits per heavy atom. The quantitative estimate of drug-likeness (QED) is 0.242. The molecule has 0 aliphatic carbocycles. The number of carbonyl (C=O) groups is 1. The van der Waals surface area contributed by atoms with Crippen molar-refractivity contribution in [2.24, 2.45) is 0 Å². The first kappa shape index (κ1) is 29.7. The van der Waals surface area contributed by atoms with Crippen LogP contribution in [0.3, 0.4) is 0 Å². The summed E-state index contributed by atoms with van der Waals surface area (Å²) in [6, 6.07) is 17.3. The van der Waals surface area contributed by atoms with Crippen molar-refractivity contribution in [1.29, 1.82) is 0 Å². The number of imidazole rings is 1. The molecule has 47 heavy (non-hydrogen) atoms. The van der Waals surface area contributed by atoms with E-state index in [0.29, 0.717) is 55.9 Å². The van der Waals surface area contributed by atoms with Gasteiger partial charge in [-0.05, 0) is 54.6 Å². The zero-order chi connectivity index (χ0) is 32.3. The summed E-state index contributed by atoms with van der Waals surface area (Å²) in [5, 5.41) is 14.3. The van der Waals surface area contributed by atoms with Gasteiger partial charge in [-0.1, -0.05) is 17.7 Å². The maximum Gasteiger partial charge on any atom is 0.335 e. The molecule has 0 radical (unpaired) electrons. The number of ether oxygens (including phenoxy) is 3. The highest BCUT2D eigenvalue weighted by Crippen LogP contribution is 2.50. The molecule has 2 fully saturated rings. The molecule has 3 aliphatic rings. The third-order valence-corrected chi connectivity index (χ3v) is 9.57. The minimum atomic E-state index is -1.35. The average molecular weight is 659 g/mol. The highest BCUT2D eigenvalue weighted by molar-refractivity contribution is 6.30. The van der Waals surface area contributed by atoms with Crippen LogP contribution in [0.15, 0.2) is 73.1 Å². The van der Waals surface area contributed by atoms with Gasteiger partial charge in [0.15, 0.2) is 11.5 Å². The van der Waals surface area contributed by atoms with Gasteiger partial charge in [-0.25, -0.2) is 14.2 Å². The Morgan fingerprint density at radius 2 is 1.94 bits per heavy atom. The van der Waals surface area contributed by atoms with Gasteiger partial charge in [-0.3, -0.25) is 9.58 Å². The van der Waals surface area contributed by atoms with Crippen molar-refractivity contribution in [1.82, 2.24) is 24.2 Å². The molecule has 0 unspecified atom stereocenters. The fourth-order valence-corrected chi connectivity index (χ4v) is 7.20. The number of anilines is 1. The van der Waals surface area contributed by atoms with Crippen LogP contribution in [-0.4, -0.2) is 73.7 Å². The normalized spacial score (nSPS) is 22.2. The van der Waals surface area contributed by atoms with Crippen molar-refractivity contribution in [2.45, 2.75) is 44.4 Å². The Balaban J connectivity index is 1.07. The second-order valence-corrected chi connectivity index (χ2v) is 12.6. The fourth-order valence-electron chi connectivity index (χ4n) is 7.04. The Kier molecular flexibility index (Phi) is 7.31. The van der Waals surface area contributed by atoms with Crippen molar-refractivity contribution in [3.63, 3.8) is 0 Å². The molecule has 3 atom stereocenters. The first-order valence-electron chi connectivity index (χ1n) is 15.5. The van der Waals surface area contributed by atoms with Crippen molar-refractivity contribution in [2.75, 3.05) is 31.2 Å². The van der Waals surface area contributed by atoms with Crippen LogP contribution in [0.2, 0.25) is 5.02 Å². The first-order valence-corrected chi connectivity index (χ1v) is 15.9. The van der Waals surface area contributed by atoms with Gasteiger partial charge < -0.3 is 28.8 Å². The topological polar surface area (TPSA) is 107 Å². The molecule has 2 saturated heterocycles. The lowest BCUT2D eigenvalue weighted by molar-refractivity contribution is -0.0705. The summed E-state index contributed by atoms with van der Waals surface area (Å²) >= 11 is 6.01.